The van der Waals surface area contributed by atoms with Crippen molar-refractivity contribution >= 4 is 5.91 Å². The van der Waals surface area contributed by atoms with Crippen LogP contribution in [0.1, 0.15) is 68.3 Å². The predicted molar refractivity (Wildman–Crippen MR) is 96.1 cm³/mol. The van der Waals surface area contributed by atoms with Crippen LogP contribution in [0, 0.1) is 6.92 Å². The molecule has 0 spiro atoms. The third-order valence-electron chi connectivity index (χ3n) is 5.11. The number of aryl methyl sites for hydroxylation is 3. The molecular formula is C20H27N3O2. The van der Waals surface area contributed by atoms with Gasteiger partial charge in [0.25, 0.3) is 0 Å². The topological polar surface area (TPSA) is 68.0 Å². The van der Waals surface area contributed by atoms with Crippen molar-refractivity contribution in [3.8, 4) is 0 Å². The summed E-state index contributed by atoms with van der Waals surface area (Å²) >= 11 is 0. The number of hydrogen-bond donors (Lipinski definition) is 1. The molecule has 0 atom stereocenters. The monoisotopic (exact) mass is 341 g/mol. The van der Waals surface area contributed by atoms with Gasteiger partial charge in [0, 0.05) is 13.3 Å². The van der Waals surface area contributed by atoms with E-state index in [0.717, 1.165) is 38.5 Å². The largest absolute Gasteiger partial charge is 0.343 e. The number of nitrogens with zero attached hydrogens (tertiary/aromatic N) is 2. The standard InChI is InChI=1S/C20H27N3O2/c1-3-16-7-9-17(10-8-16)11-12-18(24)22-20(13-5-4-6-14-20)19-21-15(2)25-23-19/h7-10H,3-6,11-14H2,1-2H3,(H,22,24). The summed E-state index contributed by atoms with van der Waals surface area (Å²) in [5.74, 6) is 1.24. The van der Waals surface area contributed by atoms with E-state index in [2.05, 4.69) is 46.6 Å². The fraction of sp³-hybridized carbons (Fsp3) is 0.550. The van der Waals surface area contributed by atoms with E-state index in [1.54, 1.807) is 6.92 Å². The molecule has 0 saturated heterocycles. The van der Waals surface area contributed by atoms with Crippen LogP contribution in [0.4, 0.5) is 0 Å². The maximum absolute atomic E-state index is 12.6. The number of benzene rings is 1. The smallest absolute Gasteiger partial charge is 0.223 e. The fourth-order valence-electron chi connectivity index (χ4n) is 3.58. The summed E-state index contributed by atoms with van der Waals surface area (Å²) in [6, 6.07) is 8.51. The van der Waals surface area contributed by atoms with Gasteiger partial charge in [-0.1, -0.05) is 55.6 Å². The molecule has 0 unspecified atom stereocenters. The van der Waals surface area contributed by atoms with E-state index in [1.807, 2.05) is 0 Å². The van der Waals surface area contributed by atoms with Crippen LogP contribution in [0.5, 0.6) is 0 Å². The average Bonchev–Trinajstić information content (AvgIpc) is 3.08. The maximum atomic E-state index is 12.6. The molecule has 0 aliphatic heterocycles. The van der Waals surface area contributed by atoms with Gasteiger partial charge >= 0.3 is 0 Å². The Morgan fingerprint density at radius 1 is 1.16 bits per heavy atom. The van der Waals surface area contributed by atoms with Gasteiger partial charge in [0.1, 0.15) is 5.54 Å². The Hall–Kier alpha value is -2.17. The first kappa shape index (κ1) is 17.6. The molecule has 1 aromatic heterocycles. The van der Waals surface area contributed by atoms with Crippen molar-refractivity contribution in [2.45, 2.75) is 70.8 Å². The van der Waals surface area contributed by atoms with Gasteiger partial charge in [-0.3, -0.25) is 4.79 Å². The van der Waals surface area contributed by atoms with Crippen molar-refractivity contribution in [3.63, 3.8) is 0 Å². The van der Waals surface area contributed by atoms with Crippen LogP contribution < -0.4 is 5.32 Å². The predicted octanol–water partition coefficient (Wildman–Crippen LogP) is 3.85. The zero-order valence-electron chi connectivity index (χ0n) is 15.2. The Morgan fingerprint density at radius 3 is 2.44 bits per heavy atom. The van der Waals surface area contributed by atoms with Gasteiger partial charge in [-0.25, -0.2) is 0 Å². The van der Waals surface area contributed by atoms with Crippen LogP contribution in [-0.4, -0.2) is 16.0 Å². The van der Waals surface area contributed by atoms with E-state index in [-0.39, 0.29) is 5.91 Å². The number of aromatic nitrogens is 2. The molecule has 1 amide bonds. The summed E-state index contributed by atoms with van der Waals surface area (Å²) < 4.78 is 5.16. The second-order valence-electron chi connectivity index (χ2n) is 7.00. The van der Waals surface area contributed by atoms with Gasteiger partial charge in [-0.05, 0) is 36.8 Å². The average molecular weight is 341 g/mol. The normalized spacial score (nSPS) is 16.6. The molecular weight excluding hydrogens is 314 g/mol. The summed E-state index contributed by atoms with van der Waals surface area (Å²) in [7, 11) is 0. The minimum Gasteiger partial charge on any atom is -0.343 e. The zero-order chi connectivity index (χ0) is 17.7. The van der Waals surface area contributed by atoms with Crippen molar-refractivity contribution in [1.82, 2.24) is 15.5 Å². The second-order valence-corrected chi connectivity index (χ2v) is 7.00. The van der Waals surface area contributed by atoms with E-state index in [4.69, 9.17) is 4.52 Å². The molecule has 1 aliphatic rings. The maximum Gasteiger partial charge on any atom is 0.223 e. The molecule has 2 aromatic rings. The lowest BCUT2D eigenvalue weighted by Gasteiger charge is -2.35. The Kier molecular flexibility index (Phi) is 5.51. The molecule has 1 heterocycles. The summed E-state index contributed by atoms with van der Waals surface area (Å²) in [4.78, 5) is 17.0. The molecule has 1 fully saturated rings. The first-order valence-electron chi connectivity index (χ1n) is 9.31. The minimum atomic E-state index is -0.459. The lowest BCUT2D eigenvalue weighted by atomic mass is 9.80. The Morgan fingerprint density at radius 2 is 1.84 bits per heavy atom. The molecule has 1 aliphatic carbocycles. The minimum absolute atomic E-state index is 0.0592. The Balaban J connectivity index is 1.64. The first-order chi connectivity index (χ1) is 12.1. The third kappa shape index (κ3) is 4.27. The van der Waals surface area contributed by atoms with Gasteiger partial charge in [0.05, 0.1) is 0 Å². The van der Waals surface area contributed by atoms with E-state index in [1.165, 1.54) is 17.5 Å². The Labute approximate surface area is 149 Å². The van der Waals surface area contributed by atoms with Crippen molar-refractivity contribution < 1.29 is 9.32 Å². The summed E-state index contributed by atoms with van der Waals surface area (Å²) in [5.41, 5.74) is 2.06. The highest BCUT2D eigenvalue weighted by Gasteiger charge is 2.39. The van der Waals surface area contributed by atoms with E-state index >= 15 is 0 Å². The van der Waals surface area contributed by atoms with Crippen LogP contribution in [0.15, 0.2) is 28.8 Å². The lowest BCUT2D eigenvalue weighted by molar-refractivity contribution is -0.123. The SMILES string of the molecule is CCc1ccc(CCC(=O)NC2(c3noc(C)n3)CCCCC2)cc1. The lowest BCUT2D eigenvalue weighted by Crippen LogP contribution is -2.48. The third-order valence-corrected chi connectivity index (χ3v) is 5.11. The molecule has 1 aromatic carbocycles. The first-order valence-corrected chi connectivity index (χ1v) is 9.31. The number of rotatable bonds is 6. The summed E-state index contributed by atoms with van der Waals surface area (Å²) in [6.07, 6.45) is 7.36. The highest BCUT2D eigenvalue weighted by molar-refractivity contribution is 5.77. The van der Waals surface area contributed by atoms with Gasteiger partial charge in [-0.15, -0.1) is 0 Å². The molecule has 134 valence electrons. The van der Waals surface area contributed by atoms with Crippen molar-refractivity contribution in [2.24, 2.45) is 0 Å². The highest BCUT2D eigenvalue weighted by atomic mass is 16.5. The van der Waals surface area contributed by atoms with Crippen LogP contribution in [0.3, 0.4) is 0 Å². The molecule has 1 N–H and O–H groups in total. The van der Waals surface area contributed by atoms with Gasteiger partial charge in [0.15, 0.2) is 5.82 Å². The second kappa shape index (κ2) is 7.81. The van der Waals surface area contributed by atoms with Crippen molar-refractivity contribution in [2.75, 3.05) is 0 Å². The number of amides is 1. The molecule has 0 bridgehead atoms. The number of nitrogens with one attached hydrogen (secondary N) is 1. The van der Waals surface area contributed by atoms with Crippen LogP contribution >= 0.6 is 0 Å². The number of carbonyl (C=O) groups is 1. The van der Waals surface area contributed by atoms with Gasteiger partial charge in [0.2, 0.25) is 11.8 Å². The van der Waals surface area contributed by atoms with E-state index in [9.17, 15) is 4.79 Å². The molecule has 5 nitrogen and oxygen atoms in total. The molecule has 3 rings (SSSR count). The van der Waals surface area contributed by atoms with Crippen molar-refractivity contribution in [3.05, 3.63) is 47.1 Å². The van der Waals surface area contributed by atoms with Gasteiger partial charge < -0.3 is 9.84 Å². The van der Waals surface area contributed by atoms with Crippen molar-refractivity contribution in [1.29, 1.82) is 0 Å². The molecule has 5 heteroatoms. The summed E-state index contributed by atoms with van der Waals surface area (Å²) in [6.45, 7) is 3.93. The summed E-state index contributed by atoms with van der Waals surface area (Å²) in [5, 5.41) is 7.33. The molecule has 25 heavy (non-hydrogen) atoms. The number of carbonyl (C=O) groups excluding carboxylic acids is 1. The van der Waals surface area contributed by atoms with Gasteiger partial charge in [-0.2, -0.15) is 4.98 Å². The quantitative estimate of drug-likeness (QED) is 0.866. The van der Waals surface area contributed by atoms with Crippen LogP contribution in [-0.2, 0) is 23.2 Å². The van der Waals surface area contributed by atoms with Crippen LogP contribution in [0.2, 0.25) is 0 Å². The molecule has 0 radical (unpaired) electrons. The number of hydrogen-bond acceptors (Lipinski definition) is 4. The molecule has 1 saturated carbocycles. The Bertz CT molecular complexity index is 700. The fourth-order valence-corrected chi connectivity index (χ4v) is 3.58. The van der Waals surface area contributed by atoms with E-state index < -0.39 is 5.54 Å². The van der Waals surface area contributed by atoms with Crippen LogP contribution in [0.25, 0.3) is 0 Å². The highest BCUT2D eigenvalue weighted by Crippen LogP contribution is 2.35. The zero-order valence-corrected chi connectivity index (χ0v) is 15.2. The van der Waals surface area contributed by atoms with E-state index in [0.29, 0.717) is 18.1 Å².